The molecule has 0 atom stereocenters. The number of carbonyl (C=O) groups excluding carboxylic acids is 1. The van der Waals surface area contributed by atoms with E-state index in [0.29, 0.717) is 27.5 Å². The van der Waals surface area contributed by atoms with Crippen LogP contribution in [0.15, 0.2) is 36.4 Å². The van der Waals surface area contributed by atoms with Gasteiger partial charge in [-0.15, -0.1) is 0 Å². The lowest BCUT2D eigenvalue weighted by Gasteiger charge is -2.08. The van der Waals surface area contributed by atoms with Crippen molar-refractivity contribution in [3.8, 4) is 0 Å². The number of rotatable bonds is 2. The average Bonchev–Trinajstić information content (AvgIpc) is 2.36. The average molecular weight is 279 g/mol. The van der Waals surface area contributed by atoms with E-state index in [9.17, 15) is 9.18 Å². The molecule has 5 heteroatoms. The summed E-state index contributed by atoms with van der Waals surface area (Å²) in [7, 11) is 0. The van der Waals surface area contributed by atoms with Gasteiger partial charge in [-0.1, -0.05) is 11.6 Å². The lowest BCUT2D eigenvalue weighted by atomic mass is 10.1. The molecule has 0 aliphatic carbocycles. The molecule has 19 heavy (non-hydrogen) atoms. The fourth-order valence-corrected chi connectivity index (χ4v) is 1.85. The number of hydrogen-bond acceptors (Lipinski definition) is 2. The molecule has 1 amide bonds. The second kappa shape index (κ2) is 5.28. The third-order valence-electron chi connectivity index (χ3n) is 2.66. The molecule has 0 spiro atoms. The minimum Gasteiger partial charge on any atom is -0.399 e. The topological polar surface area (TPSA) is 55.1 Å². The fourth-order valence-electron chi connectivity index (χ4n) is 1.61. The van der Waals surface area contributed by atoms with E-state index in [-0.39, 0.29) is 11.7 Å². The van der Waals surface area contributed by atoms with Crippen molar-refractivity contribution in [1.29, 1.82) is 0 Å². The molecule has 0 bridgehead atoms. The molecule has 2 aromatic rings. The van der Waals surface area contributed by atoms with Crippen LogP contribution in [0.2, 0.25) is 5.02 Å². The monoisotopic (exact) mass is 278 g/mol. The molecule has 0 fully saturated rings. The zero-order valence-electron chi connectivity index (χ0n) is 10.2. The van der Waals surface area contributed by atoms with Crippen molar-refractivity contribution in [2.75, 3.05) is 11.1 Å². The maximum absolute atomic E-state index is 13.1. The van der Waals surface area contributed by atoms with E-state index in [1.165, 1.54) is 18.2 Å². The fraction of sp³-hybridized carbons (Fsp3) is 0.0714. The van der Waals surface area contributed by atoms with Gasteiger partial charge in [0.1, 0.15) is 5.82 Å². The Bertz CT molecular complexity index is 643. The largest absolute Gasteiger partial charge is 0.399 e. The Morgan fingerprint density at radius 1 is 1.26 bits per heavy atom. The molecule has 0 unspecified atom stereocenters. The van der Waals surface area contributed by atoms with E-state index in [4.69, 9.17) is 17.3 Å². The summed E-state index contributed by atoms with van der Waals surface area (Å²) in [5, 5.41) is 3.01. The summed E-state index contributed by atoms with van der Waals surface area (Å²) < 4.78 is 13.1. The molecule has 98 valence electrons. The van der Waals surface area contributed by atoms with Crippen LogP contribution in [0, 0.1) is 12.7 Å². The van der Waals surface area contributed by atoms with Crippen LogP contribution >= 0.6 is 11.6 Å². The Kier molecular flexibility index (Phi) is 3.71. The number of halogens is 2. The van der Waals surface area contributed by atoms with Crippen molar-refractivity contribution >= 4 is 28.9 Å². The third kappa shape index (κ3) is 3.03. The minimum atomic E-state index is -0.352. The zero-order valence-corrected chi connectivity index (χ0v) is 11.0. The maximum Gasteiger partial charge on any atom is 0.255 e. The van der Waals surface area contributed by atoms with Crippen LogP contribution in [0.4, 0.5) is 15.8 Å². The zero-order chi connectivity index (χ0) is 14.0. The lowest BCUT2D eigenvalue weighted by Crippen LogP contribution is -2.12. The van der Waals surface area contributed by atoms with Crippen LogP contribution in [0.5, 0.6) is 0 Å². The highest BCUT2D eigenvalue weighted by atomic mass is 35.5. The molecular weight excluding hydrogens is 267 g/mol. The van der Waals surface area contributed by atoms with Gasteiger partial charge in [-0.2, -0.15) is 0 Å². The number of amides is 1. The van der Waals surface area contributed by atoms with E-state index in [2.05, 4.69) is 5.32 Å². The molecule has 0 aliphatic rings. The van der Waals surface area contributed by atoms with Crippen molar-refractivity contribution in [3.63, 3.8) is 0 Å². The molecule has 2 aromatic carbocycles. The highest BCUT2D eigenvalue weighted by molar-refractivity contribution is 6.34. The first-order valence-electron chi connectivity index (χ1n) is 5.60. The lowest BCUT2D eigenvalue weighted by molar-refractivity contribution is 0.102. The van der Waals surface area contributed by atoms with Crippen LogP contribution in [0.25, 0.3) is 0 Å². The summed E-state index contributed by atoms with van der Waals surface area (Å²) in [5.74, 6) is -0.697. The van der Waals surface area contributed by atoms with Gasteiger partial charge in [0.2, 0.25) is 0 Å². The molecule has 0 saturated heterocycles. The van der Waals surface area contributed by atoms with Crippen molar-refractivity contribution < 1.29 is 9.18 Å². The van der Waals surface area contributed by atoms with Crippen molar-refractivity contribution in [2.45, 2.75) is 6.92 Å². The molecule has 0 saturated carbocycles. The predicted molar refractivity (Wildman–Crippen MR) is 75.0 cm³/mol. The first-order chi connectivity index (χ1) is 8.97. The molecule has 3 N–H and O–H groups in total. The Morgan fingerprint density at radius 3 is 2.63 bits per heavy atom. The second-order valence-corrected chi connectivity index (χ2v) is 4.56. The Hall–Kier alpha value is -2.07. The van der Waals surface area contributed by atoms with Gasteiger partial charge in [-0.3, -0.25) is 4.79 Å². The normalized spacial score (nSPS) is 10.3. The van der Waals surface area contributed by atoms with E-state index >= 15 is 0 Å². The van der Waals surface area contributed by atoms with E-state index in [1.807, 2.05) is 0 Å². The highest BCUT2D eigenvalue weighted by Gasteiger charge is 2.10. The van der Waals surface area contributed by atoms with Crippen LogP contribution in [-0.4, -0.2) is 5.91 Å². The predicted octanol–water partition coefficient (Wildman–Crippen LogP) is 3.62. The van der Waals surface area contributed by atoms with Crippen molar-refractivity contribution in [2.24, 2.45) is 0 Å². The standard InChI is InChI=1S/C14H12ClFN2O/c1-8-6-9(2-4-12(8)16)14(19)18-13-5-3-10(17)7-11(13)15/h2-7H,17H2,1H3,(H,18,19). The number of hydrogen-bond donors (Lipinski definition) is 2. The van der Waals surface area contributed by atoms with Gasteiger partial charge in [0.05, 0.1) is 10.7 Å². The summed E-state index contributed by atoms with van der Waals surface area (Å²) >= 11 is 5.96. The molecule has 2 rings (SSSR count). The first-order valence-corrected chi connectivity index (χ1v) is 5.97. The van der Waals surface area contributed by atoms with Crippen LogP contribution in [-0.2, 0) is 0 Å². The van der Waals surface area contributed by atoms with Crippen molar-refractivity contribution in [3.05, 3.63) is 58.4 Å². The Balaban J connectivity index is 2.23. The summed E-state index contributed by atoms with van der Waals surface area (Å²) in [4.78, 5) is 12.0. The summed E-state index contributed by atoms with van der Waals surface area (Å²) in [6, 6.07) is 8.96. The van der Waals surface area contributed by atoms with Gasteiger partial charge in [0.25, 0.3) is 5.91 Å². The molecule has 3 nitrogen and oxygen atoms in total. The van der Waals surface area contributed by atoms with Gasteiger partial charge < -0.3 is 11.1 Å². The van der Waals surface area contributed by atoms with Crippen LogP contribution < -0.4 is 11.1 Å². The smallest absolute Gasteiger partial charge is 0.255 e. The van der Waals surface area contributed by atoms with Gasteiger partial charge in [-0.25, -0.2) is 4.39 Å². The SMILES string of the molecule is Cc1cc(C(=O)Nc2ccc(N)cc2Cl)ccc1F. The van der Waals surface area contributed by atoms with Crippen LogP contribution in [0.1, 0.15) is 15.9 Å². The van der Waals surface area contributed by atoms with Crippen molar-refractivity contribution in [1.82, 2.24) is 0 Å². The number of aryl methyl sites for hydroxylation is 1. The molecule has 0 heterocycles. The van der Waals surface area contributed by atoms with Gasteiger partial charge in [0.15, 0.2) is 0 Å². The number of nitrogens with one attached hydrogen (secondary N) is 1. The molecular formula is C14H12ClFN2O. The summed E-state index contributed by atoms with van der Waals surface area (Å²) in [5.41, 5.74) is 7.32. The molecule has 0 aromatic heterocycles. The number of carbonyl (C=O) groups is 1. The summed E-state index contributed by atoms with van der Waals surface area (Å²) in [6.07, 6.45) is 0. The summed E-state index contributed by atoms with van der Waals surface area (Å²) in [6.45, 7) is 1.60. The van der Waals surface area contributed by atoms with Gasteiger partial charge >= 0.3 is 0 Å². The number of benzene rings is 2. The first kappa shape index (κ1) is 13.4. The molecule has 0 radical (unpaired) electrons. The molecule has 0 aliphatic heterocycles. The van der Waals surface area contributed by atoms with E-state index < -0.39 is 0 Å². The maximum atomic E-state index is 13.1. The Morgan fingerprint density at radius 2 is 2.00 bits per heavy atom. The Labute approximate surface area is 115 Å². The highest BCUT2D eigenvalue weighted by Crippen LogP contribution is 2.24. The third-order valence-corrected chi connectivity index (χ3v) is 2.97. The number of nitrogen functional groups attached to an aromatic ring is 1. The van der Waals surface area contributed by atoms with E-state index in [1.54, 1.807) is 25.1 Å². The van der Waals surface area contributed by atoms with Gasteiger partial charge in [0, 0.05) is 11.3 Å². The number of anilines is 2. The second-order valence-electron chi connectivity index (χ2n) is 4.16. The quantitative estimate of drug-likeness (QED) is 0.824. The minimum absolute atomic E-state index is 0.345. The van der Waals surface area contributed by atoms with Gasteiger partial charge in [-0.05, 0) is 48.9 Å². The number of nitrogens with two attached hydrogens (primary N) is 1. The van der Waals surface area contributed by atoms with Crippen LogP contribution in [0.3, 0.4) is 0 Å². The van der Waals surface area contributed by atoms with E-state index in [0.717, 1.165) is 0 Å².